The lowest BCUT2D eigenvalue weighted by Crippen LogP contribution is -2.14. The summed E-state index contributed by atoms with van der Waals surface area (Å²) >= 11 is 1.66. The Balaban J connectivity index is 1.55. The molecule has 0 fully saturated rings. The van der Waals surface area contributed by atoms with Gasteiger partial charge in [-0.25, -0.2) is 4.98 Å². The Morgan fingerprint density at radius 3 is 2.32 bits per heavy atom. The van der Waals surface area contributed by atoms with Crippen molar-refractivity contribution >= 4 is 44.6 Å². The van der Waals surface area contributed by atoms with E-state index in [0.717, 1.165) is 16.6 Å². The highest BCUT2D eigenvalue weighted by atomic mass is 32.1. The van der Waals surface area contributed by atoms with E-state index in [4.69, 9.17) is 0 Å². The lowest BCUT2D eigenvalue weighted by Gasteiger charge is -2.08. The van der Waals surface area contributed by atoms with E-state index in [0.29, 0.717) is 17.1 Å². The van der Waals surface area contributed by atoms with Gasteiger partial charge in [0.05, 0.1) is 5.69 Å². The second kappa shape index (κ2) is 7.62. The molecule has 0 unspecified atom stereocenters. The van der Waals surface area contributed by atoms with Crippen molar-refractivity contribution in [1.29, 1.82) is 0 Å². The van der Waals surface area contributed by atoms with Crippen LogP contribution in [-0.4, -0.2) is 16.8 Å². The largest absolute Gasteiger partial charge is 0.326 e. The van der Waals surface area contributed by atoms with Gasteiger partial charge >= 0.3 is 0 Å². The molecule has 2 aromatic heterocycles. The van der Waals surface area contributed by atoms with E-state index in [2.05, 4.69) is 33.1 Å². The molecule has 2 amide bonds. The zero-order valence-corrected chi connectivity index (χ0v) is 15.9. The average Bonchev–Trinajstić information content (AvgIpc) is 3.13. The fraction of sp³-hybridized carbons (Fsp3) is 0.0455. The zero-order chi connectivity index (χ0) is 19.5. The van der Waals surface area contributed by atoms with Crippen molar-refractivity contribution in [3.8, 4) is 11.3 Å². The molecule has 0 aliphatic heterocycles. The molecule has 0 atom stereocenters. The van der Waals surface area contributed by atoms with Gasteiger partial charge in [-0.15, -0.1) is 11.3 Å². The lowest BCUT2D eigenvalue weighted by molar-refractivity contribution is -0.114. The van der Waals surface area contributed by atoms with E-state index in [1.807, 2.05) is 24.3 Å². The minimum absolute atomic E-state index is 0.140. The summed E-state index contributed by atoms with van der Waals surface area (Å²) in [5.74, 6) is -0.424. The van der Waals surface area contributed by atoms with Crippen LogP contribution in [0.15, 0.2) is 72.1 Å². The van der Waals surface area contributed by atoms with Crippen LogP contribution >= 0.6 is 11.3 Å². The molecule has 0 aliphatic carbocycles. The van der Waals surface area contributed by atoms with Crippen LogP contribution in [0.1, 0.15) is 17.4 Å². The summed E-state index contributed by atoms with van der Waals surface area (Å²) in [5, 5.41) is 8.72. The maximum Gasteiger partial charge on any atom is 0.274 e. The van der Waals surface area contributed by atoms with Gasteiger partial charge in [-0.05, 0) is 42.5 Å². The van der Waals surface area contributed by atoms with Gasteiger partial charge in [0, 0.05) is 39.3 Å². The fourth-order valence-corrected chi connectivity index (χ4v) is 3.88. The van der Waals surface area contributed by atoms with Crippen molar-refractivity contribution in [2.75, 3.05) is 10.6 Å². The number of rotatable bonds is 4. The van der Waals surface area contributed by atoms with Crippen molar-refractivity contribution in [3.05, 3.63) is 77.8 Å². The highest BCUT2D eigenvalue weighted by Gasteiger charge is 2.12. The third-order valence-electron chi connectivity index (χ3n) is 4.20. The summed E-state index contributed by atoms with van der Waals surface area (Å²) in [4.78, 5) is 28.3. The van der Waals surface area contributed by atoms with E-state index in [9.17, 15) is 9.59 Å². The summed E-state index contributed by atoms with van der Waals surface area (Å²) in [6.07, 6.45) is 0. The number of hydrogen-bond donors (Lipinski definition) is 2. The van der Waals surface area contributed by atoms with Crippen molar-refractivity contribution in [1.82, 2.24) is 4.98 Å². The number of amides is 2. The van der Waals surface area contributed by atoms with E-state index in [1.54, 1.807) is 41.7 Å². The molecule has 4 aromatic rings. The number of hydrogen-bond acceptors (Lipinski definition) is 4. The van der Waals surface area contributed by atoms with E-state index < -0.39 is 0 Å². The summed E-state index contributed by atoms with van der Waals surface area (Å²) in [5.41, 5.74) is 3.45. The highest BCUT2D eigenvalue weighted by molar-refractivity contribution is 7.17. The molecule has 0 saturated heterocycles. The van der Waals surface area contributed by atoms with Crippen LogP contribution in [0.3, 0.4) is 0 Å². The predicted octanol–water partition coefficient (Wildman–Crippen LogP) is 5.17. The summed E-state index contributed by atoms with van der Waals surface area (Å²) in [6, 6.07) is 20.5. The third kappa shape index (κ3) is 3.77. The summed E-state index contributed by atoms with van der Waals surface area (Å²) in [6.45, 7) is 1.45. The minimum Gasteiger partial charge on any atom is -0.326 e. The van der Waals surface area contributed by atoms with Gasteiger partial charge in [0.1, 0.15) is 5.69 Å². The number of anilines is 2. The molecule has 0 radical (unpaired) electrons. The van der Waals surface area contributed by atoms with Crippen LogP contribution in [0, 0.1) is 0 Å². The summed E-state index contributed by atoms with van der Waals surface area (Å²) in [7, 11) is 0. The van der Waals surface area contributed by atoms with Crippen molar-refractivity contribution in [3.63, 3.8) is 0 Å². The number of aromatic nitrogens is 1. The first kappa shape index (κ1) is 17.9. The Kier molecular flexibility index (Phi) is 4.87. The Bertz CT molecular complexity index is 1170. The molecular formula is C22H17N3O2S. The number of carbonyl (C=O) groups is 2. The number of carbonyl (C=O) groups excluding carboxylic acids is 2. The maximum absolute atomic E-state index is 12.6. The van der Waals surface area contributed by atoms with Gasteiger partial charge in [-0.2, -0.15) is 0 Å². The SMILES string of the molecule is CC(=O)Nc1ccc(NC(=O)c2cccc(-c3csc4ccccc34)n2)cc1. The molecule has 6 heteroatoms. The molecule has 0 saturated carbocycles. The number of nitrogens with zero attached hydrogens (tertiary/aromatic N) is 1. The van der Waals surface area contributed by atoms with Gasteiger partial charge in [0.15, 0.2) is 0 Å². The first-order chi connectivity index (χ1) is 13.6. The van der Waals surface area contributed by atoms with Gasteiger partial charge in [-0.1, -0.05) is 24.3 Å². The van der Waals surface area contributed by atoms with Crippen LogP contribution in [0.4, 0.5) is 11.4 Å². The quantitative estimate of drug-likeness (QED) is 0.507. The van der Waals surface area contributed by atoms with E-state index in [1.165, 1.54) is 11.6 Å². The second-order valence-corrected chi connectivity index (χ2v) is 7.18. The number of fused-ring (bicyclic) bond motifs is 1. The predicted molar refractivity (Wildman–Crippen MR) is 114 cm³/mol. The molecule has 138 valence electrons. The number of thiophene rings is 1. The standard InChI is InChI=1S/C22H17N3O2S/c1-14(26)23-15-9-11-16(12-10-15)24-22(27)20-7-4-6-19(25-20)18-13-28-21-8-3-2-5-17(18)21/h2-13H,1H3,(H,23,26)(H,24,27). The normalized spacial score (nSPS) is 10.6. The van der Waals surface area contributed by atoms with Crippen LogP contribution in [-0.2, 0) is 4.79 Å². The second-order valence-electron chi connectivity index (χ2n) is 6.27. The maximum atomic E-state index is 12.6. The summed E-state index contributed by atoms with van der Waals surface area (Å²) < 4.78 is 1.19. The van der Waals surface area contributed by atoms with Crippen molar-refractivity contribution in [2.45, 2.75) is 6.92 Å². The average molecular weight is 387 g/mol. The molecule has 5 nitrogen and oxygen atoms in total. The Morgan fingerprint density at radius 2 is 1.57 bits per heavy atom. The molecule has 2 aromatic carbocycles. The third-order valence-corrected chi connectivity index (χ3v) is 5.17. The van der Waals surface area contributed by atoms with Crippen LogP contribution < -0.4 is 10.6 Å². The van der Waals surface area contributed by atoms with E-state index in [-0.39, 0.29) is 11.8 Å². The van der Waals surface area contributed by atoms with Crippen LogP contribution in [0.2, 0.25) is 0 Å². The van der Waals surface area contributed by atoms with Crippen LogP contribution in [0.25, 0.3) is 21.3 Å². The number of benzene rings is 2. The molecule has 0 spiro atoms. The molecule has 0 aliphatic rings. The highest BCUT2D eigenvalue weighted by Crippen LogP contribution is 2.32. The van der Waals surface area contributed by atoms with Gasteiger partial charge < -0.3 is 10.6 Å². The fourth-order valence-electron chi connectivity index (χ4n) is 2.92. The number of pyridine rings is 1. The van der Waals surface area contributed by atoms with Crippen LogP contribution in [0.5, 0.6) is 0 Å². The molecule has 0 bridgehead atoms. The van der Waals surface area contributed by atoms with E-state index >= 15 is 0 Å². The van der Waals surface area contributed by atoms with Gasteiger partial charge in [0.25, 0.3) is 5.91 Å². The zero-order valence-electron chi connectivity index (χ0n) is 15.1. The minimum atomic E-state index is -0.284. The van der Waals surface area contributed by atoms with Crippen molar-refractivity contribution < 1.29 is 9.59 Å². The van der Waals surface area contributed by atoms with Gasteiger partial charge in [0.2, 0.25) is 5.91 Å². The molecule has 2 N–H and O–H groups in total. The monoisotopic (exact) mass is 387 g/mol. The Morgan fingerprint density at radius 1 is 0.857 bits per heavy atom. The first-order valence-electron chi connectivity index (χ1n) is 8.73. The molecule has 28 heavy (non-hydrogen) atoms. The molecular weight excluding hydrogens is 370 g/mol. The lowest BCUT2D eigenvalue weighted by atomic mass is 10.1. The topological polar surface area (TPSA) is 71.1 Å². The smallest absolute Gasteiger partial charge is 0.274 e. The first-order valence-corrected chi connectivity index (χ1v) is 9.61. The van der Waals surface area contributed by atoms with Gasteiger partial charge in [-0.3, -0.25) is 9.59 Å². The number of nitrogens with one attached hydrogen (secondary N) is 2. The molecule has 4 rings (SSSR count). The Labute approximate surface area is 166 Å². The van der Waals surface area contributed by atoms with Crippen molar-refractivity contribution in [2.24, 2.45) is 0 Å². The molecule has 2 heterocycles. The Hall–Kier alpha value is -3.51.